The fourth-order valence-electron chi connectivity index (χ4n) is 5.12. The molecule has 0 spiro atoms. The number of nitrogens with zero attached hydrogens (tertiary/aromatic N) is 3. The Morgan fingerprint density at radius 1 is 1.02 bits per heavy atom. The van der Waals surface area contributed by atoms with E-state index in [0.29, 0.717) is 18.7 Å². The average molecular weight is 581 g/mol. The highest BCUT2D eigenvalue weighted by Crippen LogP contribution is 2.44. The molecule has 2 aromatic carbocycles. The van der Waals surface area contributed by atoms with Crippen LogP contribution in [0.1, 0.15) is 71.7 Å². The number of aliphatic hydroxyl groups excluding tert-OH is 1. The van der Waals surface area contributed by atoms with Crippen LogP contribution >= 0.6 is 0 Å². The van der Waals surface area contributed by atoms with Gasteiger partial charge in [-0.05, 0) is 68.1 Å². The lowest BCUT2D eigenvalue weighted by atomic mass is 9.95. The van der Waals surface area contributed by atoms with Gasteiger partial charge in [-0.25, -0.2) is 13.5 Å². The van der Waals surface area contributed by atoms with E-state index in [-0.39, 0.29) is 30.8 Å². The molecule has 2 aromatic heterocycles. The van der Waals surface area contributed by atoms with E-state index in [0.717, 1.165) is 33.5 Å². The Kier molecular flexibility index (Phi) is 9.06. The Hall–Kier alpha value is -3.98. The number of amides is 1. The van der Waals surface area contributed by atoms with Gasteiger partial charge in [0.2, 0.25) is 0 Å². The first-order chi connectivity index (χ1) is 20.2. The summed E-state index contributed by atoms with van der Waals surface area (Å²) in [6.07, 6.45) is 6.20. The second-order valence-electron chi connectivity index (χ2n) is 11.3. The molecule has 0 saturated heterocycles. The second kappa shape index (κ2) is 12.9. The molecule has 7 nitrogen and oxygen atoms in total. The Morgan fingerprint density at radius 3 is 2.48 bits per heavy atom. The van der Waals surface area contributed by atoms with Crippen molar-refractivity contribution in [2.45, 2.75) is 51.1 Å². The van der Waals surface area contributed by atoms with Crippen LogP contribution < -0.4 is 5.32 Å². The van der Waals surface area contributed by atoms with Crippen molar-refractivity contribution in [1.29, 1.82) is 0 Å². The van der Waals surface area contributed by atoms with Crippen LogP contribution in [0.15, 0.2) is 85.1 Å². The number of aromatic nitrogens is 2. The summed E-state index contributed by atoms with van der Waals surface area (Å²) in [6, 6.07) is 25.2. The van der Waals surface area contributed by atoms with Gasteiger partial charge in [-0.3, -0.25) is 9.78 Å². The fourth-order valence-corrected chi connectivity index (χ4v) is 6.52. The zero-order valence-corrected chi connectivity index (χ0v) is 25.0. The van der Waals surface area contributed by atoms with Crippen molar-refractivity contribution in [2.24, 2.45) is 0 Å². The van der Waals surface area contributed by atoms with E-state index in [1.807, 2.05) is 91.8 Å². The number of hydrogen-bond acceptors (Lipinski definition) is 5. The molecule has 0 radical (unpaired) electrons. The first-order valence-electron chi connectivity index (χ1n) is 14.1. The number of rotatable bonds is 9. The van der Waals surface area contributed by atoms with Crippen molar-refractivity contribution >= 4 is 29.0 Å². The van der Waals surface area contributed by atoms with E-state index in [9.17, 15) is 14.1 Å². The summed E-state index contributed by atoms with van der Waals surface area (Å²) in [4.78, 5) is 22.6. The van der Waals surface area contributed by atoms with Crippen LogP contribution in [0.5, 0.6) is 0 Å². The molecule has 2 atom stereocenters. The minimum Gasteiger partial charge on any atom is -0.396 e. The molecule has 4 aromatic rings. The van der Waals surface area contributed by atoms with Crippen molar-refractivity contribution in [3.63, 3.8) is 0 Å². The molecular formula is C34H36N4O3S. The fraction of sp³-hybridized carbons (Fsp3) is 0.265. The molecule has 1 aliphatic rings. The third-order valence-electron chi connectivity index (χ3n) is 7.11. The number of pyridine rings is 2. The molecule has 0 unspecified atom stereocenters. The van der Waals surface area contributed by atoms with E-state index < -0.39 is 15.7 Å². The third-order valence-corrected chi connectivity index (χ3v) is 8.96. The van der Waals surface area contributed by atoms with Crippen molar-refractivity contribution < 1.29 is 14.1 Å². The van der Waals surface area contributed by atoms with Gasteiger partial charge in [-0.2, -0.15) is 0 Å². The molecule has 1 amide bonds. The van der Waals surface area contributed by atoms with Gasteiger partial charge in [0.1, 0.15) is 16.7 Å². The van der Waals surface area contributed by atoms with Crippen LogP contribution in [-0.2, 0) is 24.1 Å². The summed E-state index contributed by atoms with van der Waals surface area (Å²) in [5, 5.41) is 13.0. The van der Waals surface area contributed by atoms with Crippen molar-refractivity contribution in [1.82, 2.24) is 19.6 Å². The highest BCUT2D eigenvalue weighted by molar-refractivity contribution is 7.84. The molecule has 5 rings (SSSR count). The molecule has 8 heteroatoms. The largest absolute Gasteiger partial charge is 0.396 e. The number of fused-ring (bicyclic) bond motifs is 1. The van der Waals surface area contributed by atoms with Crippen molar-refractivity contribution in [2.75, 3.05) is 6.61 Å². The van der Waals surface area contributed by atoms with Gasteiger partial charge in [-0.1, -0.05) is 66.7 Å². The normalized spacial score (nSPS) is 16.0. The highest BCUT2D eigenvalue weighted by atomic mass is 32.2. The van der Waals surface area contributed by atoms with Crippen molar-refractivity contribution in [3.8, 4) is 11.3 Å². The summed E-state index contributed by atoms with van der Waals surface area (Å²) in [6.45, 7) is 6.45. The van der Waals surface area contributed by atoms with Crippen LogP contribution in [-0.4, -0.2) is 40.8 Å². The highest BCUT2D eigenvalue weighted by Gasteiger charge is 2.40. The molecule has 2 N–H and O–H groups in total. The van der Waals surface area contributed by atoms with Crippen LogP contribution in [0, 0.1) is 0 Å². The summed E-state index contributed by atoms with van der Waals surface area (Å²) < 4.78 is 15.1. The lowest BCUT2D eigenvalue weighted by Crippen LogP contribution is -2.36. The number of nitrogens with one attached hydrogen (secondary N) is 1. The number of carbonyl (C=O) groups is 1. The summed E-state index contributed by atoms with van der Waals surface area (Å²) in [5.41, 5.74) is 6.44. The maximum absolute atomic E-state index is 13.7. The minimum atomic E-state index is -1.33. The Balaban J connectivity index is 1.57. The van der Waals surface area contributed by atoms with Crippen LogP contribution in [0.25, 0.3) is 23.4 Å². The summed E-state index contributed by atoms with van der Waals surface area (Å²) in [7, 11) is -1.33. The Bertz CT molecular complexity index is 1600. The van der Waals surface area contributed by atoms with E-state index in [2.05, 4.69) is 28.5 Å². The van der Waals surface area contributed by atoms with Gasteiger partial charge in [-0.15, -0.1) is 0 Å². The lowest BCUT2D eigenvalue weighted by molar-refractivity contribution is 0.0945. The van der Waals surface area contributed by atoms with Gasteiger partial charge in [0.25, 0.3) is 5.91 Å². The quantitative estimate of drug-likeness (QED) is 0.239. The van der Waals surface area contributed by atoms with Gasteiger partial charge < -0.3 is 10.4 Å². The molecule has 3 heterocycles. The van der Waals surface area contributed by atoms with E-state index in [1.54, 1.807) is 12.3 Å². The number of carbonyl (C=O) groups excluding carboxylic acids is 1. The average Bonchev–Trinajstić information content (AvgIpc) is 3.37. The molecule has 0 aliphatic carbocycles. The number of aliphatic hydroxyl groups is 1. The predicted molar refractivity (Wildman–Crippen MR) is 168 cm³/mol. The lowest BCUT2D eigenvalue weighted by Gasteiger charge is -2.30. The van der Waals surface area contributed by atoms with Gasteiger partial charge >= 0.3 is 0 Å². The zero-order valence-electron chi connectivity index (χ0n) is 24.2. The summed E-state index contributed by atoms with van der Waals surface area (Å²) >= 11 is 0. The maximum atomic E-state index is 13.7. The molecule has 42 heavy (non-hydrogen) atoms. The smallest absolute Gasteiger partial charge is 0.270 e. The molecule has 1 aliphatic heterocycles. The second-order valence-corrected chi connectivity index (χ2v) is 13.5. The molecule has 216 valence electrons. The molecule has 0 saturated carbocycles. The Morgan fingerprint density at radius 2 is 1.76 bits per heavy atom. The standard InChI is InChI=1S/C34H36N4O3S/c1-34(2,3)42(41)38-23-27-21-29(33(40)36-22-28-14-7-8-18-35-28)37-32(31(27)30(38)17-19-39)26-13-9-12-25(20-26)16-15-24-10-5-4-6-11-24/h4-16,18,20-21,30,39H,17,19,22-23H2,1-3H3,(H,36,40)/b16-15+/t30-,42-/m1/s1. The van der Waals surface area contributed by atoms with E-state index >= 15 is 0 Å². The van der Waals surface area contributed by atoms with Crippen LogP contribution in [0.4, 0.5) is 0 Å². The number of benzene rings is 2. The third kappa shape index (κ3) is 6.73. The van der Waals surface area contributed by atoms with Crippen LogP contribution in [0.3, 0.4) is 0 Å². The van der Waals surface area contributed by atoms with Crippen molar-refractivity contribution in [3.05, 3.63) is 119 Å². The first-order valence-corrected chi connectivity index (χ1v) is 15.2. The topological polar surface area (TPSA) is 95.4 Å². The Labute approximate surface area is 250 Å². The first kappa shape index (κ1) is 29.5. The zero-order chi connectivity index (χ0) is 29.7. The predicted octanol–water partition coefficient (Wildman–Crippen LogP) is 5.95. The molecule has 0 bridgehead atoms. The van der Waals surface area contributed by atoms with Gasteiger partial charge in [0.05, 0.1) is 28.7 Å². The van der Waals surface area contributed by atoms with Crippen LogP contribution in [0.2, 0.25) is 0 Å². The van der Waals surface area contributed by atoms with Gasteiger partial charge in [0, 0.05) is 30.5 Å². The molecular weight excluding hydrogens is 544 g/mol. The number of hydrogen-bond donors (Lipinski definition) is 2. The maximum Gasteiger partial charge on any atom is 0.270 e. The van der Waals surface area contributed by atoms with E-state index in [4.69, 9.17) is 4.98 Å². The van der Waals surface area contributed by atoms with Gasteiger partial charge in [0.15, 0.2) is 0 Å². The molecule has 0 fully saturated rings. The summed E-state index contributed by atoms with van der Waals surface area (Å²) in [5.74, 6) is -0.307. The van der Waals surface area contributed by atoms with E-state index in [1.165, 1.54) is 0 Å². The SMILES string of the molecule is CC(C)(C)[S@@](=O)N1Cc2cc(C(=O)NCc3ccccn3)nc(-c3cccc(/C=C/c4ccccc4)c3)c2[C@H]1CCO. The minimum absolute atomic E-state index is 0.0619. The monoisotopic (exact) mass is 580 g/mol.